The molecule has 1 aromatic rings. The van der Waals surface area contributed by atoms with Crippen molar-refractivity contribution >= 4 is 11.9 Å². The van der Waals surface area contributed by atoms with Gasteiger partial charge in [0.05, 0.1) is 18.6 Å². The molecular weight excluding hydrogens is 262 g/mol. The first kappa shape index (κ1) is 14.5. The predicted octanol–water partition coefficient (Wildman–Crippen LogP) is 0.195. The van der Waals surface area contributed by atoms with Crippen LogP contribution in [0.1, 0.15) is 22.3 Å². The molecule has 0 radical (unpaired) electrons. The molecule has 0 bridgehead atoms. The minimum atomic E-state index is -1.06. The van der Waals surface area contributed by atoms with Crippen molar-refractivity contribution in [1.82, 2.24) is 5.32 Å². The van der Waals surface area contributed by atoms with Crippen LogP contribution in [0.25, 0.3) is 0 Å². The molecule has 0 aromatic heterocycles. The summed E-state index contributed by atoms with van der Waals surface area (Å²) in [6, 6.07) is 6.37. The largest absolute Gasteiger partial charge is 0.478 e. The molecule has 1 atom stereocenters. The van der Waals surface area contributed by atoms with Crippen LogP contribution in [0.5, 0.6) is 0 Å². The van der Waals surface area contributed by atoms with E-state index in [4.69, 9.17) is 9.84 Å². The molecule has 2 rings (SSSR count). The van der Waals surface area contributed by atoms with E-state index < -0.39 is 11.6 Å². The van der Waals surface area contributed by atoms with Crippen molar-refractivity contribution in [2.75, 3.05) is 19.8 Å². The van der Waals surface area contributed by atoms with E-state index in [2.05, 4.69) is 5.32 Å². The van der Waals surface area contributed by atoms with Crippen LogP contribution in [-0.4, -0.2) is 47.4 Å². The molecule has 6 heteroatoms. The molecular formula is C14H17NO5. The Morgan fingerprint density at radius 2 is 2.10 bits per heavy atom. The fourth-order valence-corrected chi connectivity index (χ4v) is 2.12. The molecule has 0 aliphatic carbocycles. The van der Waals surface area contributed by atoms with Gasteiger partial charge in [-0.3, -0.25) is 4.79 Å². The number of aromatic carboxylic acids is 1. The monoisotopic (exact) mass is 279 g/mol. The molecule has 1 fully saturated rings. The molecule has 0 spiro atoms. The molecule has 0 saturated carbocycles. The van der Waals surface area contributed by atoms with Gasteiger partial charge in [0.1, 0.15) is 5.60 Å². The Kier molecular flexibility index (Phi) is 4.36. The summed E-state index contributed by atoms with van der Waals surface area (Å²) in [6.45, 7) is 0.800. The van der Waals surface area contributed by atoms with Crippen LogP contribution < -0.4 is 5.32 Å². The Balaban J connectivity index is 1.93. The summed E-state index contributed by atoms with van der Waals surface area (Å²) in [5, 5.41) is 21.7. The third kappa shape index (κ3) is 3.55. The van der Waals surface area contributed by atoms with Crippen molar-refractivity contribution in [3.63, 3.8) is 0 Å². The van der Waals surface area contributed by atoms with Gasteiger partial charge in [0, 0.05) is 19.6 Å². The maximum absolute atomic E-state index is 11.8. The first-order valence-electron chi connectivity index (χ1n) is 6.38. The van der Waals surface area contributed by atoms with Crippen LogP contribution in [0, 0.1) is 0 Å². The van der Waals surface area contributed by atoms with Crippen LogP contribution in [0.4, 0.5) is 0 Å². The van der Waals surface area contributed by atoms with Gasteiger partial charge in [-0.1, -0.05) is 18.2 Å². The maximum Gasteiger partial charge on any atom is 0.335 e. The number of carboxylic acid groups (broad SMARTS) is 1. The highest BCUT2D eigenvalue weighted by molar-refractivity contribution is 5.91. The van der Waals surface area contributed by atoms with Crippen molar-refractivity contribution in [3.05, 3.63) is 35.4 Å². The van der Waals surface area contributed by atoms with E-state index in [1.165, 1.54) is 6.07 Å². The lowest BCUT2D eigenvalue weighted by Crippen LogP contribution is -2.43. The Labute approximate surface area is 116 Å². The zero-order valence-corrected chi connectivity index (χ0v) is 11.0. The van der Waals surface area contributed by atoms with Crippen molar-refractivity contribution in [2.45, 2.75) is 18.4 Å². The molecule has 6 nitrogen and oxygen atoms in total. The fourth-order valence-electron chi connectivity index (χ4n) is 2.12. The van der Waals surface area contributed by atoms with Gasteiger partial charge >= 0.3 is 5.97 Å². The third-order valence-corrected chi connectivity index (χ3v) is 3.30. The zero-order chi connectivity index (χ0) is 14.6. The molecule has 1 aliphatic heterocycles. The summed E-state index contributed by atoms with van der Waals surface area (Å²) in [5.41, 5.74) is -0.445. The highest BCUT2D eigenvalue weighted by Crippen LogP contribution is 2.17. The average Bonchev–Trinajstić information content (AvgIpc) is 2.84. The molecule has 1 unspecified atom stereocenters. The van der Waals surface area contributed by atoms with E-state index in [1.807, 2.05) is 0 Å². The summed E-state index contributed by atoms with van der Waals surface area (Å²) in [4.78, 5) is 22.9. The summed E-state index contributed by atoms with van der Waals surface area (Å²) < 4.78 is 5.08. The molecule has 108 valence electrons. The number of hydrogen-bond acceptors (Lipinski definition) is 4. The van der Waals surface area contributed by atoms with Crippen LogP contribution in [0.15, 0.2) is 24.3 Å². The van der Waals surface area contributed by atoms with E-state index in [0.717, 1.165) is 0 Å². The second-order valence-electron chi connectivity index (χ2n) is 4.94. The van der Waals surface area contributed by atoms with E-state index in [-0.39, 0.29) is 31.0 Å². The normalized spacial score (nSPS) is 21.6. The number of rotatable bonds is 5. The third-order valence-electron chi connectivity index (χ3n) is 3.30. The number of hydrogen-bond donors (Lipinski definition) is 3. The van der Waals surface area contributed by atoms with Gasteiger partial charge in [-0.25, -0.2) is 4.79 Å². The second-order valence-corrected chi connectivity index (χ2v) is 4.94. The number of amides is 1. The Bertz CT molecular complexity index is 508. The molecule has 1 amide bonds. The average molecular weight is 279 g/mol. The van der Waals surface area contributed by atoms with Crippen molar-refractivity contribution in [2.24, 2.45) is 0 Å². The number of benzene rings is 1. The van der Waals surface area contributed by atoms with Gasteiger partial charge in [-0.15, -0.1) is 0 Å². The van der Waals surface area contributed by atoms with Crippen molar-refractivity contribution < 1.29 is 24.5 Å². The van der Waals surface area contributed by atoms with Gasteiger partial charge in [0.2, 0.25) is 5.91 Å². The van der Waals surface area contributed by atoms with Gasteiger partial charge in [0.25, 0.3) is 0 Å². The van der Waals surface area contributed by atoms with Crippen LogP contribution in [0.3, 0.4) is 0 Å². The van der Waals surface area contributed by atoms with Gasteiger partial charge < -0.3 is 20.3 Å². The van der Waals surface area contributed by atoms with Crippen molar-refractivity contribution in [3.8, 4) is 0 Å². The lowest BCUT2D eigenvalue weighted by Gasteiger charge is -2.20. The molecule has 20 heavy (non-hydrogen) atoms. The summed E-state index contributed by atoms with van der Waals surface area (Å²) in [6.07, 6.45) is 0.457. The summed E-state index contributed by atoms with van der Waals surface area (Å²) >= 11 is 0. The SMILES string of the molecule is O=C(Cc1ccccc1C(=O)O)NCC1(O)CCOC1. The minimum Gasteiger partial charge on any atom is -0.478 e. The number of aliphatic hydroxyl groups is 1. The molecule has 1 saturated heterocycles. The molecule has 3 N–H and O–H groups in total. The topological polar surface area (TPSA) is 95.9 Å². The Hall–Kier alpha value is -1.92. The Morgan fingerprint density at radius 1 is 1.35 bits per heavy atom. The van der Waals surface area contributed by atoms with Gasteiger partial charge in [-0.05, 0) is 11.6 Å². The smallest absolute Gasteiger partial charge is 0.335 e. The van der Waals surface area contributed by atoms with E-state index in [1.54, 1.807) is 18.2 Å². The standard InChI is InChI=1S/C14H17NO5/c16-12(15-8-14(19)5-6-20-9-14)7-10-3-1-2-4-11(10)13(17)18/h1-4,19H,5-9H2,(H,15,16)(H,17,18). The highest BCUT2D eigenvalue weighted by Gasteiger charge is 2.32. The highest BCUT2D eigenvalue weighted by atomic mass is 16.5. The number of carboxylic acids is 1. The predicted molar refractivity (Wildman–Crippen MR) is 70.5 cm³/mol. The Morgan fingerprint density at radius 3 is 2.75 bits per heavy atom. The molecule has 1 aromatic carbocycles. The number of carbonyl (C=O) groups is 2. The first-order chi connectivity index (χ1) is 9.50. The van der Waals surface area contributed by atoms with Crippen LogP contribution >= 0.6 is 0 Å². The quantitative estimate of drug-likeness (QED) is 0.715. The maximum atomic E-state index is 11.8. The summed E-state index contributed by atoms with van der Waals surface area (Å²) in [7, 11) is 0. The fraction of sp³-hybridized carbons (Fsp3) is 0.429. The zero-order valence-electron chi connectivity index (χ0n) is 11.0. The van der Waals surface area contributed by atoms with Crippen LogP contribution in [0.2, 0.25) is 0 Å². The second kappa shape index (κ2) is 6.02. The first-order valence-corrected chi connectivity index (χ1v) is 6.38. The lowest BCUT2D eigenvalue weighted by molar-refractivity contribution is -0.121. The van der Waals surface area contributed by atoms with Gasteiger partial charge in [0.15, 0.2) is 0 Å². The molecule has 1 aliphatic rings. The summed E-state index contributed by atoms with van der Waals surface area (Å²) in [5.74, 6) is -1.38. The molecule has 1 heterocycles. The van der Waals surface area contributed by atoms with E-state index in [0.29, 0.717) is 18.6 Å². The van der Waals surface area contributed by atoms with E-state index >= 15 is 0 Å². The number of nitrogens with one attached hydrogen (secondary N) is 1. The van der Waals surface area contributed by atoms with Crippen LogP contribution in [-0.2, 0) is 16.0 Å². The van der Waals surface area contributed by atoms with Gasteiger partial charge in [-0.2, -0.15) is 0 Å². The van der Waals surface area contributed by atoms with E-state index in [9.17, 15) is 14.7 Å². The van der Waals surface area contributed by atoms with Crippen molar-refractivity contribution in [1.29, 1.82) is 0 Å². The minimum absolute atomic E-state index is 0.0284. The lowest BCUT2D eigenvalue weighted by atomic mass is 10.0. The number of ether oxygens (including phenoxy) is 1. The number of carbonyl (C=O) groups excluding carboxylic acids is 1.